The van der Waals surface area contributed by atoms with Crippen LogP contribution in [0.2, 0.25) is 0 Å². The van der Waals surface area contributed by atoms with Gasteiger partial charge in [-0.25, -0.2) is 14.3 Å². The Kier molecular flexibility index (Phi) is 2.99. The molecular weight excluding hydrogens is 226 g/mol. The van der Waals surface area contributed by atoms with Crippen molar-refractivity contribution in [3.05, 3.63) is 32.6 Å². The lowest BCUT2D eigenvalue weighted by Gasteiger charge is -2.29. The number of carboxylic acid groups (broad SMARTS) is 1. The number of rotatable bonds is 2. The lowest BCUT2D eigenvalue weighted by atomic mass is 10.2. The van der Waals surface area contributed by atoms with Crippen molar-refractivity contribution >= 4 is 5.97 Å². The molecule has 0 atom stereocenters. The molecule has 1 aliphatic heterocycles. The fourth-order valence-corrected chi connectivity index (χ4v) is 1.92. The van der Waals surface area contributed by atoms with Crippen LogP contribution in [-0.2, 0) is 0 Å². The van der Waals surface area contributed by atoms with Crippen molar-refractivity contribution in [3.63, 3.8) is 0 Å². The number of piperidine rings is 1. The predicted octanol–water partition coefficient (Wildman–Crippen LogP) is -0.643. The zero-order valence-electron chi connectivity index (χ0n) is 9.18. The molecule has 7 heteroatoms. The van der Waals surface area contributed by atoms with E-state index in [-0.39, 0.29) is 0 Å². The standard InChI is InChI=1S/C10H13N3O4/c14-8-7(9(15)16)6-13(10(17)11-8)12-4-2-1-3-5-12/h6H,1-5H2,(H,15,16)(H,11,14,17). The lowest BCUT2D eigenvalue weighted by molar-refractivity contribution is 0.0693. The molecule has 1 saturated heterocycles. The van der Waals surface area contributed by atoms with Crippen LogP contribution in [0.1, 0.15) is 29.6 Å². The number of H-pyrrole nitrogens is 1. The van der Waals surface area contributed by atoms with Gasteiger partial charge in [0, 0.05) is 13.1 Å². The third kappa shape index (κ3) is 2.22. The van der Waals surface area contributed by atoms with E-state index in [1.807, 2.05) is 4.98 Å². The van der Waals surface area contributed by atoms with Gasteiger partial charge in [0.25, 0.3) is 5.56 Å². The van der Waals surface area contributed by atoms with Gasteiger partial charge in [-0.15, -0.1) is 0 Å². The Hall–Kier alpha value is -2.05. The summed E-state index contributed by atoms with van der Waals surface area (Å²) in [5, 5.41) is 10.6. The molecule has 1 aromatic heterocycles. The van der Waals surface area contributed by atoms with Crippen LogP contribution in [0.4, 0.5) is 0 Å². The van der Waals surface area contributed by atoms with E-state index in [0.29, 0.717) is 13.1 Å². The Bertz CT molecular complexity index is 539. The molecule has 0 aliphatic carbocycles. The van der Waals surface area contributed by atoms with Crippen LogP contribution in [0, 0.1) is 0 Å². The van der Waals surface area contributed by atoms with Crippen molar-refractivity contribution in [2.45, 2.75) is 19.3 Å². The average molecular weight is 239 g/mol. The summed E-state index contributed by atoms with van der Waals surface area (Å²) in [7, 11) is 0. The highest BCUT2D eigenvalue weighted by Crippen LogP contribution is 2.06. The molecule has 2 heterocycles. The van der Waals surface area contributed by atoms with Crippen molar-refractivity contribution in [1.29, 1.82) is 0 Å². The maximum atomic E-state index is 11.6. The van der Waals surface area contributed by atoms with Crippen LogP contribution >= 0.6 is 0 Å². The Balaban J connectivity index is 2.46. The van der Waals surface area contributed by atoms with Gasteiger partial charge in [0.2, 0.25) is 0 Å². The van der Waals surface area contributed by atoms with Gasteiger partial charge in [0.1, 0.15) is 5.56 Å². The van der Waals surface area contributed by atoms with Gasteiger partial charge in [-0.2, -0.15) is 0 Å². The highest BCUT2D eigenvalue weighted by atomic mass is 16.4. The number of hydrogen-bond acceptors (Lipinski definition) is 4. The quantitative estimate of drug-likeness (QED) is 0.715. The van der Waals surface area contributed by atoms with Crippen molar-refractivity contribution in [1.82, 2.24) is 9.66 Å². The predicted molar refractivity (Wildman–Crippen MR) is 60.1 cm³/mol. The smallest absolute Gasteiger partial charge is 0.347 e. The third-order valence-electron chi connectivity index (χ3n) is 2.79. The number of nitrogens with zero attached hydrogens (tertiary/aromatic N) is 2. The second-order valence-electron chi connectivity index (χ2n) is 3.97. The summed E-state index contributed by atoms with van der Waals surface area (Å²) in [6.45, 7) is 1.37. The van der Waals surface area contributed by atoms with E-state index in [2.05, 4.69) is 0 Å². The summed E-state index contributed by atoms with van der Waals surface area (Å²) < 4.78 is 1.18. The number of hydrogen-bond donors (Lipinski definition) is 2. The first kappa shape index (κ1) is 11.4. The summed E-state index contributed by atoms with van der Waals surface area (Å²) in [6.07, 6.45) is 4.09. The highest BCUT2D eigenvalue weighted by Gasteiger charge is 2.16. The van der Waals surface area contributed by atoms with Crippen molar-refractivity contribution in [3.8, 4) is 0 Å². The minimum atomic E-state index is -1.34. The van der Waals surface area contributed by atoms with Gasteiger partial charge >= 0.3 is 11.7 Å². The normalized spacial score (nSPS) is 15.9. The number of nitrogens with one attached hydrogen (secondary N) is 1. The first-order valence-corrected chi connectivity index (χ1v) is 5.44. The molecule has 7 nitrogen and oxygen atoms in total. The Morgan fingerprint density at radius 2 is 1.88 bits per heavy atom. The molecule has 0 unspecified atom stereocenters. The van der Waals surface area contributed by atoms with E-state index < -0.39 is 22.8 Å². The second-order valence-corrected chi connectivity index (χ2v) is 3.97. The van der Waals surface area contributed by atoms with Gasteiger partial charge in [-0.05, 0) is 19.3 Å². The van der Waals surface area contributed by atoms with E-state index in [0.717, 1.165) is 25.5 Å². The van der Waals surface area contributed by atoms with Crippen LogP contribution in [0.5, 0.6) is 0 Å². The van der Waals surface area contributed by atoms with Gasteiger partial charge in [0.15, 0.2) is 0 Å². The summed E-state index contributed by atoms with van der Waals surface area (Å²) in [6, 6.07) is 0. The summed E-state index contributed by atoms with van der Waals surface area (Å²) >= 11 is 0. The molecule has 0 amide bonds. The maximum Gasteiger partial charge on any atom is 0.347 e. The second kappa shape index (κ2) is 4.44. The number of carbonyl (C=O) groups is 1. The Labute approximate surface area is 96.3 Å². The summed E-state index contributed by atoms with van der Waals surface area (Å²) in [5.41, 5.74) is -1.88. The topological polar surface area (TPSA) is 95.4 Å². The number of carboxylic acids is 1. The first-order chi connectivity index (χ1) is 8.09. The van der Waals surface area contributed by atoms with Crippen molar-refractivity contribution < 1.29 is 9.90 Å². The lowest BCUT2D eigenvalue weighted by Crippen LogP contribution is -2.48. The van der Waals surface area contributed by atoms with Crippen LogP contribution in [0.15, 0.2) is 15.8 Å². The molecule has 2 rings (SSSR count). The molecule has 1 aromatic rings. The monoisotopic (exact) mass is 239 g/mol. The molecule has 0 aromatic carbocycles. The molecule has 0 spiro atoms. The first-order valence-electron chi connectivity index (χ1n) is 5.44. The molecule has 1 fully saturated rings. The molecule has 17 heavy (non-hydrogen) atoms. The number of aromatic amines is 1. The zero-order valence-corrected chi connectivity index (χ0v) is 9.18. The third-order valence-corrected chi connectivity index (χ3v) is 2.79. The van der Waals surface area contributed by atoms with E-state index in [4.69, 9.17) is 5.11 Å². The summed E-state index contributed by atoms with van der Waals surface area (Å²) in [5.74, 6) is -1.34. The molecule has 0 radical (unpaired) electrons. The molecule has 0 saturated carbocycles. The molecule has 2 N–H and O–H groups in total. The van der Waals surface area contributed by atoms with Crippen LogP contribution < -0.4 is 16.3 Å². The van der Waals surface area contributed by atoms with E-state index in [1.54, 1.807) is 5.01 Å². The zero-order chi connectivity index (χ0) is 12.4. The van der Waals surface area contributed by atoms with Crippen molar-refractivity contribution in [2.75, 3.05) is 18.1 Å². The molecular formula is C10H13N3O4. The largest absolute Gasteiger partial charge is 0.477 e. The molecule has 92 valence electrons. The Morgan fingerprint density at radius 1 is 1.24 bits per heavy atom. The van der Waals surface area contributed by atoms with E-state index >= 15 is 0 Å². The van der Waals surface area contributed by atoms with Crippen molar-refractivity contribution in [2.24, 2.45) is 0 Å². The average Bonchev–Trinajstić information content (AvgIpc) is 2.29. The van der Waals surface area contributed by atoms with Gasteiger partial charge in [-0.3, -0.25) is 9.78 Å². The van der Waals surface area contributed by atoms with Gasteiger partial charge in [0.05, 0.1) is 6.20 Å². The molecule has 0 bridgehead atoms. The van der Waals surface area contributed by atoms with Crippen LogP contribution in [-0.4, -0.2) is 33.8 Å². The maximum absolute atomic E-state index is 11.6. The van der Waals surface area contributed by atoms with E-state index in [1.165, 1.54) is 4.68 Å². The number of aromatic nitrogens is 2. The Morgan fingerprint density at radius 3 is 2.47 bits per heavy atom. The SMILES string of the molecule is O=C(O)c1cn(N2CCCCC2)c(=O)[nH]c1=O. The van der Waals surface area contributed by atoms with E-state index in [9.17, 15) is 14.4 Å². The summed E-state index contributed by atoms with van der Waals surface area (Å²) in [4.78, 5) is 35.7. The fraction of sp³-hybridized carbons (Fsp3) is 0.500. The minimum Gasteiger partial charge on any atom is -0.477 e. The van der Waals surface area contributed by atoms with Crippen LogP contribution in [0.25, 0.3) is 0 Å². The highest BCUT2D eigenvalue weighted by molar-refractivity contribution is 5.86. The molecule has 1 aliphatic rings. The van der Waals surface area contributed by atoms with Crippen LogP contribution in [0.3, 0.4) is 0 Å². The fourth-order valence-electron chi connectivity index (χ4n) is 1.92. The van der Waals surface area contributed by atoms with Gasteiger partial charge in [-0.1, -0.05) is 0 Å². The van der Waals surface area contributed by atoms with Gasteiger partial charge < -0.3 is 10.1 Å². The minimum absolute atomic E-state index is 0.421. The number of aromatic carboxylic acids is 1.